The molecule has 20 heavy (non-hydrogen) atoms. The molecule has 2 N–H and O–H groups in total. The van der Waals surface area contributed by atoms with E-state index >= 15 is 0 Å². The lowest BCUT2D eigenvalue weighted by Gasteiger charge is -2.26. The summed E-state index contributed by atoms with van der Waals surface area (Å²) in [5.41, 5.74) is 1.35. The van der Waals surface area contributed by atoms with Gasteiger partial charge in [-0.15, -0.1) is 11.3 Å². The fraction of sp³-hybridized carbons (Fsp3) is 0.643. The summed E-state index contributed by atoms with van der Waals surface area (Å²) in [5, 5.41) is 6.32. The van der Waals surface area contributed by atoms with Crippen molar-refractivity contribution in [2.45, 2.75) is 38.3 Å². The molecule has 2 rings (SSSR count). The van der Waals surface area contributed by atoms with E-state index in [0.29, 0.717) is 13.2 Å². The lowest BCUT2D eigenvalue weighted by Crippen LogP contribution is -2.45. The van der Waals surface area contributed by atoms with Crippen molar-refractivity contribution in [3.63, 3.8) is 0 Å². The third-order valence-corrected chi connectivity index (χ3v) is 5.25. The first-order valence-electron chi connectivity index (χ1n) is 6.92. The molecule has 112 valence electrons. The van der Waals surface area contributed by atoms with Crippen LogP contribution in [0, 0.1) is 0 Å². The molecular formula is C14H21BrN2O2S. The normalized spacial score (nSPS) is 19.4. The standard InChI is InChI=1S/C14H21BrN2O2S/c1-9(14(18)16-6-7-19-2)17-11-4-3-5-12-10(11)8-13(15)20-12/h8-9,11,17H,3-7H2,1-2H3,(H,16,18). The molecule has 1 heterocycles. The Kier molecular flexibility index (Phi) is 6.01. The van der Waals surface area contributed by atoms with Crippen molar-refractivity contribution < 1.29 is 9.53 Å². The zero-order chi connectivity index (χ0) is 14.5. The van der Waals surface area contributed by atoms with Crippen LogP contribution in [-0.4, -0.2) is 32.2 Å². The number of thiophene rings is 1. The van der Waals surface area contributed by atoms with Crippen molar-refractivity contribution in [1.29, 1.82) is 0 Å². The van der Waals surface area contributed by atoms with Crippen molar-refractivity contribution in [2.24, 2.45) is 0 Å². The van der Waals surface area contributed by atoms with Gasteiger partial charge in [-0.1, -0.05) is 0 Å². The Morgan fingerprint density at radius 3 is 3.20 bits per heavy atom. The van der Waals surface area contributed by atoms with E-state index in [4.69, 9.17) is 4.74 Å². The summed E-state index contributed by atoms with van der Waals surface area (Å²) in [6, 6.07) is 2.28. The number of ether oxygens (including phenoxy) is 1. The first-order chi connectivity index (χ1) is 9.61. The minimum atomic E-state index is -0.193. The van der Waals surface area contributed by atoms with Crippen molar-refractivity contribution in [2.75, 3.05) is 20.3 Å². The predicted octanol–water partition coefficient (Wildman–Crippen LogP) is 2.63. The first kappa shape index (κ1) is 15.9. The fourth-order valence-electron chi connectivity index (χ4n) is 2.50. The van der Waals surface area contributed by atoms with E-state index < -0.39 is 0 Å². The summed E-state index contributed by atoms with van der Waals surface area (Å²) in [6.45, 7) is 3.02. The van der Waals surface area contributed by atoms with Gasteiger partial charge >= 0.3 is 0 Å². The van der Waals surface area contributed by atoms with Crippen LogP contribution in [0.25, 0.3) is 0 Å². The van der Waals surface area contributed by atoms with Gasteiger partial charge in [0.15, 0.2) is 0 Å². The van der Waals surface area contributed by atoms with Crippen LogP contribution in [0.4, 0.5) is 0 Å². The van der Waals surface area contributed by atoms with Gasteiger partial charge in [-0.25, -0.2) is 0 Å². The minimum absolute atomic E-state index is 0.0310. The topological polar surface area (TPSA) is 50.4 Å². The summed E-state index contributed by atoms with van der Waals surface area (Å²) >= 11 is 5.36. The zero-order valence-corrected chi connectivity index (χ0v) is 14.3. The third kappa shape index (κ3) is 4.04. The van der Waals surface area contributed by atoms with Gasteiger partial charge in [-0.05, 0) is 53.7 Å². The molecular weight excluding hydrogens is 340 g/mol. The summed E-state index contributed by atoms with van der Waals surface area (Å²) in [7, 11) is 1.63. The fourth-order valence-corrected chi connectivity index (χ4v) is 4.32. The van der Waals surface area contributed by atoms with Crippen molar-refractivity contribution >= 4 is 33.2 Å². The highest BCUT2D eigenvalue weighted by atomic mass is 79.9. The second-order valence-electron chi connectivity index (χ2n) is 5.05. The number of halogens is 1. The van der Waals surface area contributed by atoms with Crippen LogP contribution in [0.5, 0.6) is 0 Å². The molecule has 2 atom stereocenters. The molecule has 0 aromatic carbocycles. The molecule has 1 aromatic heterocycles. The van der Waals surface area contributed by atoms with Gasteiger partial charge in [0.25, 0.3) is 0 Å². The number of carbonyl (C=O) groups excluding carboxylic acids is 1. The molecule has 2 unspecified atom stereocenters. The third-order valence-electron chi connectivity index (χ3n) is 3.53. The van der Waals surface area contributed by atoms with Gasteiger partial charge in [-0.2, -0.15) is 0 Å². The molecule has 1 aromatic rings. The average molecular weight is 361 g/mol. The molecule has 0 aliphatic heterocycles. The number of hydrogen-bond donors (Lipinski definition) is 2. The second kappa shape index (κ2) is 7.54. The maximum atomic E-state index is 12.0. The maximum Gasteiger partial charge on any atom is 0.236 e. The average Bonchev–Trinajstić information content (AvgIpc) is 2.80. The summed E-state index contributed by atoms with van der Waals surface area (Å²) in [6.07, 6.45) is 3.42. The SMILES string of the molecule is COCCNC(=O)C(C)NC1CCCc2sc(Br)cc21. The molecule has 1 amide bonds. The summed E-state index contributed by atoms with van der Waals surface area (Å²) in [4.78, 5) is 13.4. The predicted molar refractivity (Wildman–Crippen MR) is 85.2 cm³/mol. The number of nitrogens with one attached hydrogen (secondary N) is 2. The Morgan fingerprint density at radius 1 is 1.65 bits per heavy atom. The number of carbonyl (C=O) groups is 1. The molecule has 6 heteroatoms. The molecule has 1 aliphatic rings. The smallest absolute Gasteiger partial charge is 0.236 e. The summed E-state index contributed by atoms with van der Waals surface area (Å²) < 4.78 is 6.11. The van der Waals surface area contributed by atoms with Gasteiger partial charge in [0.2, 0.25) is 5.91 Å². The minimum Gasteiger partial charge on any atom is -0.383 e. The number of rotatable bonds is 6. The number of fused-ring (bicyclic) bond motifs is 1. The molecule has 0 radical (unpaired) electrons. The van der Waals surface area contributed by atoms with Crippen molar-refractivity contribution in [3.05, 3.63) is 20.3 Å². The van der Waals surface area contributed by atoms with Crippen LogP contribution >= 0.6 is 27.3 Å². The van der Waals surface area contributed by atoms with Gasteiger partial charge in [-0.3, -0.25) is 10.1 Å². The Hall–Kier alpha value is -0.430. The quantitative estimate of drug-likeness (QED) is 0.766. The highest BCUT2D eigenvalue weighted by Gasteiger charge is 2.25. The van der Waals surface area contributed by atoms with E-state index in [1.165, 1.54) is 20.6 Å². The molecule has 0 saturated heterocycles. The second-order valence-corrected chi connectivity index (χ2v) is 7.56. The molecule has 0 fully saturated rings. The van der Waals surface area contributed by atoms with Gasteiger partial charge < -0.3 is 10.1 Å². The number of amides is 1. The Bertz CT molecular complexity index is 464. The molecule has 0 spiro atoms. The maximum absolute atomic E-state index is 12.0. The number of aryl methyl sites for hydroxylation is 1. The highest BCUT2D eigenvalue weighted by molar-refractivity contribution is 9.11. The summed E-state index contributed by atoms with van der Waals surface area (Å²) in [5.74, 6) is 0.0310. The molecule has 4 nitrogen and oxygen atoms in total. The van der Waals surface area contributed by atoms with Crippen LogP contribution in [-0.2, 0) is 16.0 Å². The lowest BCUT2D eigenvalue weighted by molar-refractivity contribution is -0.123. The number of methoxy groups -OCH3 is 1. The van der Waals surface area contributed by atoms with Crippen molar-refractivity contribution in [3.8, 4) is 0 Å². The van der Waals surface area contributed by atoms with E-state index in [2.05, 4.69) is 32.6 Å². The zero-order valence-electron chi connectivity index (χ0n) is 11.9. The lowest BCUT2D eigenvalue weighted by atomic mass is 9.93. The van der Waals surface area contributed by atoms with E-state index in [1.807, 2.05) is 6.92 Å². The van der Waals surface area contributed by atoms with Crippen LogP contribution in [0.1, 0.15) is 36.2 Å². The largest absolute Gasteiger partial charge is 0.383 e. The number of hydrogen-bond acceptors (Lipinski definition) is 4. The molecule has 0 saturated carbocycles. The van der Waals surface area contributed by atoms with Gasteiger partial charge in [0.05, 0.1) is 16.4 Å². The van der Waals surface area contributed by atoms with Gasteiger partial charge in [0, 0.05) is 24.6 Å². The Balaban J connectivity index is 1.91. The van der Waals surface area contributed by atoms with Crippen LogP contribution in [0.2, 0.25) is 0 Å². The Morgan fingerprint density at radius 2 is 2.45 bits per heavy atom. The van der Waals surface area contributed by atoms with Crippen LogP contribution in [0.3, 0.4) is 0 Å². The van der Waals surface area contributed by atoms with E-state index in [0.717, 1.165) is 12.8 Å². The molecule has 0 bridgehead atoms. The monoisotopic (exact) mass is 360 g/mol. The van der Waals surface area contributed by atoms with Gasteiger partial charge in [0.1, 0.15) is 0 Å². The van der Waals surface area contributed by atoms with E-state index in [1.54, 1.807) is 18.4 Å². The van der Waals surface area contributed by atoms with Crippen LogP contribution in [0.15, 0.2) is 9.85 Å². The van der Waals surface area contributed by atoms with Crippen molar-refractivity contribution in [1.82, 2.24) is 10.6 Å². The highest BCUT2D eigenvalue weighted by Crippen LogP contribution is 2.38. The molecule has 1 aliphatic carbocycles. The van der Waals surface area contributed by atoms with E-state index in [9.17, 15) is 4.79 Å². The Labute approximate surface area is 132 Å². The first-order valence-corrected chi connectivity index (χ1v) is 8.53. The van der Waals surface area contributed by atoms with E-state index in [-0.39, 0.29) is 18.0 Å². The van der Waals surface area contributed by atoms with Crippen LogP contribution < -0.4 is 10.6 Å².